The summed E-state index contributed by atoms with van der Waals surface area (Å²) in [4.78, 5) is 3.35. The van der Waals surface area contributed by atoms with E-state index in [1.54, 1.807) is 18.2 Å². The second-order valence-electron chi connectivity index (χ2n) is 11.7. The number of para-hydroxylation sites is 1. The van der Waals surface area contributed by atoms with E-state index in [0.29, 0.717) is 29.1 Å². The number of hydrogen-bond acceptors (Lipinski definition) is 4. The predicted molar refractivity (Wildman–Crippen MR) is 184 cm³/mol. The summed E-state index contributed by atoms with van der Waals surface area (Å²) in [7, 11) is -4.69. The van der Waals surface area contributed by atoms with E-state index in [2.05, 4.69) is 11.9 Å². The average molecular weight is 620 g/mol. The summed E-state index contributed by atoms with van der Waals surface area (Å²) in [5.74, 6) is 0.767. The van der Waals surface area contributed by atoms with Crippen molar-refractivity contribution in [3.63, 3.8) is 0 Å². The van der Waals surface area contributed by atoms with Crippen molar-refractivity contribution in [1.29, 1.82) is 0 Å². The van der Waals surface area contributed by atoms with Gasteiger partial charge in [0, 0.05) is 22.2 Å². The molecule has 0 spiro atoms. The third kappa shape index (κ3) is 9.76. The topological polar surface area (TPSA) is 109 Å². The van der Waals surface area contributed by atoms with Gasteiger partial charge in [-0.15, -0.1) is 0 Å². The first-order valence-corrected chi connectivity index (χ1v) is 17.8. The quantitative estimate of drug-likeness (QED) is 0.0518. The maximum atomic E-state index is 12.7. The molecule has 1 aromatic heterocycles. The largest absolute Gasteiger partial charge is 0.494 e. The normalized spacial score (nSPS) is 11.7. The van der Waals surface area contributed by atoms with E-state index in [-0.39, 0.29) is 5.69 Å². The number of aromatic nitrogens is 1. The zero-order valence-corrected chi connectivity index (χ0v) is 27.0. The Hall–Kier alpha value is -3.49. The van der Waals surface area contributed by atoms with Crippen LogP contribution in [0.1, 0.15) is 96.8 Å². The van der Waals surface area contributed by atoms with E-state index in [0.717, 1.165) is 27.6 Å². The lowest BCUT2D eigenvalue weighted by Gasteiger charge is -2.22. The fraction of sp³-hybridized carbons (Fsp3) is 0.444. The number of unbranched alkanes of at least 4 members (excludes halogenated alkanes) is 13. The Morgan fingerprint density at radius 1 is 0.750 bits per heavy atom. The molecule has 0 radical (unpaired) electrons. The first kappa shape index (κ1) is 33.4. The summed E-state index contributed by atoms with van der Waals surface area (Å²) in [5.41, 5.74) is 8.98. The maximum Gasteiger partial charge on any atom is 0.364 e. The minimum absolute atomic E-state index is 0.242. The Labute approximate surface area is 263 Å². The fourth-order valence-electron chi connectivity index (χ4n) is 5.78. The number of ether oxygens (including phenoxy) is 1. The highest BCUT2D eigenvalue weighted by atomic mass is 32.2. The number of nitrogens with one attached hydrogen (secondary N) is 1. The van der Waals surface area contributed by atoms with Crippen LogP contribution in [0.15, 0.2) is 72.8 Å². The summed E-state index contributed by atoms with van der Waals surface area (Å²) >= 11 is 0. The number of benzene rings is 3. The van der Waals surface area contributed by atoms with Gasteiger partial charge in [-0.25, -0.2) is 4.31 Å². The molecule has 7 nitrogen and oxygen atoms in total. The molecule has 0 unspecified atom stereocenters. The molecule has 44 heavy (non-hydrogen) atoms. The number of hydrogen-bond donors (Lipinski definition) is 3. The average Bonchev–Trinajstić information content (AvgIpc) is 3.38. The SMILES string of the molecule is CCCCCCCCCCCCCCCCOc1ccc(-c2[nH]c3ccccc3c2N(c2cccc(N)c2)S(=O)(=O)O)cc1. The van der Waals surface area contributed by atoms with Crippen molar-refractivity contribution >= 4 is 38.3 Å². The molecule has 4 N–H and O–H groups in total. The molecular weight excluding hydrogens is 570 g/mol. The summed E-state index contributed by atoms with van der Waals surface area (Å²) in [5, 5.41) is 0.653. The Balaban J connectivity index is 1.29. The van der Waals surface area contributed by atoms with Crippen molar-refractivity contribution in [2.45, 2.75) is 96.8 Å². The van der Waals surface area contributed by atoms with Gasteiger partial charge in [0.15, 0.2) is 0 Å². The Morgan fingerprint density at radius 3 is 1.93 bits per heavy atom. The van der Waals surface area contributed by atoms with Crippen LogP contribution in [-0.2, 0) is 10.3 Å². The van der Waals surface area contributed by atoms with Gasteiger partial charge in [0.25, 0.3) is 0 Å². The highest BCUT2D eigenvalue weighted by molar-refractivity contribution is 7.87. The first-order chi connectivity index (χ1) is 21.4. The first-order valence-electron chi connectivity index (χ1n) is 16.4. The second-order valence-corrected chi connectivity index (χ2v) is 13.0. The van der Waals surface area contributed by atoms with Crippen molar-refractivity contribution in [3.8, 4) is 17.0 Å². The lowest BCUT2D eigenvalue weighted by molar-refractivity contribution is 0.304. The third-order valence-corrected chi connectivity index (χ3v) is 8.98. The van der Waals surface area contributed by atoms with Gasteiger partial charge in [0.2, 0.25) is 0 Å². The predicted octanol–water partition coefficient (Wildman–Crippen LogP) is 10.2. The van der Waals surface area contributed by atoms with Crippen LogP contribution in [-0.4, -0.2) is 24.6 Å². The van der Waals surface area contributed by atoms with Crippen LogP contribution in [0.25, 0.3) is 22.2 Å². The van der Waals surface area contributed by atoms with Crippen LogP contribution >= 0.6 is 0 Å². The molecule has 1 heterocycles. The smallest absolute Gasteiger partial charge is 0.364 e. The van der Waals surface area contributed by atoms with Crippen LogP contribution < -0.4 is 14.8 Å². The van der Waals surface area contributed by atoms with Crippen LogP contribution in [0.4, 0.5) is 17.1 Å². The molecule has 8 heteroatoms. The molecule has 238 valence electrons. The summed E-state index contributed by atoms with van der Waals surface area (Å²) < 4.78 is 42.8. The molecule has 0 aliphatic carbocycles. The van der Waals surface area contributed by atoms with Crippen molar-refractivity contribution in [1.82, 2.24) is 4.98 Å². The van der Waals surface area contributed by atoms with Crippen molar-refractivity contribution in [2.24, 2.45) is 0 Å². The number of nitrogen functional groups attached to an aromatic ring is 1. The van der Waals surface area contributed by atoms with Gasteiger partial charge in [-0.2, -0.15) is 8.42 Å². The second kappa shape index (κ2) is 17.1. The van der Waals surface area contributed by atoms with Crippen molar-refractivity contribution in [3.05, 3.63) is 72.8 Å². The molecule has 0 saturated carbocycles. The molecule has 0 amide bonds. The van der Waals surface area contributed by atoms with Crippen LogP contribution in [0.3, 0.4) is 0 Å². The van der Waals surface area contributed by atoms with E-state index >= 15 is 0 Å². The van der Waals surface area contributed by atoms with Gasteiger partial charge < -0.3 is 15.5 Å². The Morgan fingerprint density at radius 2 is 1.34 bits per heavy atom. The molecule has 0 aliphatic heterocycles. The molecule has 0 atom stereocenters. The lowest BCUT2D eigenvalue weighted by Crippen LogP contribution is -2.25. The standard InChI is InChI=1S/C36H49N3O4S/c1-2-3-4-5-6-7-8-9-10-11-12-13-14-17-27-43-32-25-23-29(24-26-32)35-36(33-21-15-16-22-34(33)38-35)39(44(40,41)42)31-20-18-19-30(37)28-31/h15-16,18-26,28,38H,2-14,17,27,37H2,1H3,(H,40,41,42). The highest BCUT2D eigenvalue weighted by Gasteiger charge is 2.29. The fourth-order valence-corrected chi connectivity index (χ4v) is 6.58. The Bertz CT molecular complexity index is 1530. The van der Waals surface area contributed by atoms with E-state index in [1.807, 2.05) is 48.5 Å². The maximum absolute atomic E-state index is 12.7. The van der Waals surface area contributed by atoms with E-state index in [9.17, 15) is 13.0 Å². The van der Waals surface area contributed by atoms with Gasteiger partial charge in [-0.1, -0.05) is 115 Å². The molecular formula is C36H49N3O4S. The number of anilines is 3. The van der Waals surface area contributed by atoms with Crippen molar-refractivity contribution < 1.29 is 17.7 Å². The van der Waals surface area contributed by atoms with Crippen LogP contribution in [0.5, 0.6) is 5.75 Å². The van der Waals surface area contributed by atoms with Gasteiger partial charge in [-0.3, -0.25) is 4.55 Å². The van der Waals surface area contributed by atoms with E-state index in [4.69, 9.17) is 10.5 Å². The Kier molecular flexibility index (Phi) is 13.0. The number of aromatic amines is 1. The highest BCUT2D eigenvalue weighted by Crippen LogP contribution is 2.43. The molecule has 0 bridgehead atoms. The van der Waals surface area contributed by atoms with Gasteiger partial charge in [0.1, 0.15) is 5.75 Å². The summed E-state index contributed by atoms with van der Waals surface area (Å²) in [6.45, 7) is 2.94. The van der Waals surface area contributed by atoms with E-state index < -0.39 is 10.3 Å². The van der Waals surface area contributed by atoms with Gasteiger partial charge in [-0.05, 0) is 55.0 Å². The number of H-pyrrole nitrogens is 1. The zero-order valence-electron chi connectivity index (χ0n) is 26.1. The van der Waals surface area contributed by atoms with Crippen molar-refractivity contribution in [2.75, 3.05) is 16.6 Å². The lowest BCUT2D eigenvalue weighted by atomic mass is 10.0. The van der Waals surface area contributed by atoms with Gasteiger partial charge in [0.05, 0.1) is 23.7 Å². The van der Waals surface area contributed by atoms with Crippen LogP contribution in [0.2, 0.25) is 0 Å². The minimum atomic E-state index is -4.69. The monoisotopic (exact) mass is 619 g/mol. The third-order valence-electron chi connectivity index (χ3n) is 8.13. The summed E-state index contributed by atoms with van der Waals surface area (Å²) in [6, 6.07) is 21.4. The molecule has 4 aromatic rings. The van der Waals surface area contributed by atoms with Crippen LogP contribution in [0, 0.1) is 0 Å². The molecule has 0 fully saturated rings. The molecule has 4 rings (SSSR count). The molecule has 0 aliphatic rings. The number of rotatable bonds is 20. The minimum Gasteiger partial charge on any atom is -0.494 e. The number of nitrogens with two attached hydrogens (primary N) is 1. The molecule has 0 saturated heterocycles. The van der Waals surface area contributed by atoms with E-state index in [1.165, 1.54) is 89.5 Å². The number of nitrogens with zero attached hydrogens (tertiary/aromatic N) is 1. The zero-order chi connectivity index (χ0) is 31.2. The number of fused-ring (bicyclic) bond motifs is 1. The van der Waals surface area contributed by atoms with Gasteiger partial charge >= 0.3 is 10.3 Å². The molecule has 3 aromatic carbocycles. The summed E-state index contributed by atoms with van der Waals surface area (Å²) in [6.07, 6.45) is 18.5.